The van der Waals surface area contributed by atoms with Crippen LogP contribution < -0.4 is 0 Å². The van der Waals surface area contributed by atoms with E-state index < -0.39 is 69.5 Å². The van der Waals surface area contributed by atoms with Crippen LogP contribution in [0.4, 0.5) is 0 Å². The van der Waals surface area contributed by atoms with E-state index in [1.165, 1.54) is 21.1 Å². The maximum absolute atomic E-state index is 15.7. The van der Waals surface area contributed by atoms with Gasteiger partial charge in [0, 0.05) is 103 Å². The number of nitrogens with one attached hydrogen (secondary N) is 1. The van der Waals surface area contributed by atoms with Gasteiger partial charge in [0.25, 0.3) is 0 Å². The summed E-state index contributed by atoms with van der Waals surface area (Å²) in [5, 5.41) is 26.6. The molecule has 13 heteroatoms. The summed E-state index contributed by atoms with van der Waals surface area (Å²) in [4.78, 5) is 53.9. The van der Waals surface area contributed by atoms with Gasteiger partial charge < -0.3 is 39.0 Å². The molecule has 5 aliphatic heterocycles. The van der Waals surface area contributed by atoms with Gasteiger partial charge in [-0.15, -0.1) is 0 Å². The number of fused-ring (bicyclic) bond motifs is 6. The number of likely N-dealkylation sites (N-methyl/N-ethyl adjacent to an activating group) is 1. The first kappa shape index (κ1) is 45.5. The largest absolute Gasteiger partial charge is 0.468 e. The Bertz CT molecular complexity index is 2660. The SMILES string of the molecule is CC[C@]1(O)C[C@H]2CN(CCc3c([nH]c4ccc(C#Cc5ccccc5)cc34)[C@@](C(=O)OC)(C3C=C4C(=CC3OC)N(C)[C@H]3[C@@](O)(C(=O)OC)[C@H](OC(C)=O)[C@]5(CC)C=CCN6CC[C@]43[C@@H]65)C2)C1. The van der Waals surface area contributed by atoms with E-state index in [9.17, 15) is 19.8 Å². The molecule has 3 aromatic rings. The van der Waals surface area contributed by atoms with Crippen molar-refractivity contribution in [2.45, 2.75) is 100 Å². The molecule has 6 heterocycles. The summed E-state index contributed by atoms with van der Waals surface area (Å²) in [6, 6.07) is 14.8. The average Bonchev–Trinajstić information content (AvgIpc) is 3.99. The Balaban J connectivity index is 1.23. The number of allylic oxidation sites excluding steroid dienone is 1. The van der Waals surface area contributed by atoms with Gasteiger partial charge in [-0.25, -0.2) is 4.79 Å². The number of likely N-dealkylation sites (tertiary alicyclic amines) is 1. The number of rotatable bonds is 7. The predicted octanol–water partition coefficient (Wildman–Crippen LogP) is 5.03. The van der Waals surface area contributed by atoms with Crippen molar-refractivity contribution in [3.8, 4) is 11.8 Å². The van der Waals surface area contributed by atoms with Crippen LogP contribution in [-0.4, -0.2) is 144 Å². The number of esters is 3. The molecule has 2 bridgehead atoms. The number of nitrogens with zero attached hydrogens (tertiary/aromatic N) is 3. The number of hydrogen-bond donors (Lipinski definition) is 3. The Morgan fingerprint density at radius 3 is 2.37 bits per heavy atom. The van der Waals surface area contributed by atoms with Crippen molar-refractivity contribution in [2.24, 2.45) is 22.7 Å². The summed E-state index contributed by atoms with van der Waals surface area (Å²) in [5.74, 6) is 4.03. The molecule has 2 aliphatic carbocycles. The normalized spacial score (nSPS) is 37.2. The van der Waals surface area contributed by atoms with E-state index in [1.54, 1.807) is 7.11 Å². The smallest absolute Gasteiger partial charge is 0.344 e. The van der Waals surface area contributed by atoms with Gasteiger partial charge in [0.15, 0.2) is 6.10 Å². The first-order valence-electron chi connectivity index (χ1n) is 24.0. The van der Waals surface area contributed by atoms with Gasteiger partial charge in [-0.2, -0.15) is 0 Å². The molecule has 3 saturated heterocycles. The molecule has 0 radical (unpaired) electrons. The number of methoxy groups -OCH3 is 3. The Hall–Kier alpha value is -5.23. The van der Waals surface area contributed by atoms with Crippen LogP contribution in [0.3, 0.4) is 0 Å². The zero-order chi connectivity index (χ0) is 47.3. The Morgan fingerprint density at radius 1 is 0.910 bits per heavy atom. The van der Waals surface area contributed by atoms with Crippen molar-refractivity contribution in [3.05, 3.63) is 106 Å². The maximum atomic E-state index is 15.7. The molecule has 354 valence electrons. The third-order valence-electron chi connectivity index (χ3n) is 17.2. The summed E-state index contributed by atoms with van der Waals surface area (Å²) in [5.41, 5.74) is -0.455. The highest BCUT2D eigenvalue weighted by atomic mass is 16.6. The van der Waals surface area contributed by atoms with E-state index in [-0.39, 0.29) is 12.0 Å². The molecule has 12 atom stereocenters. The molecule has 4 fully saturated rings. The van der Waals surface area contributed by atoms with Crippen molar-refractivity contribution < 1.29 is 43.5 Å². The van der Waals surface area contributed by atoms with Crippen LogP contribution in [0.25, 0.3) is 10.9 Å². The van der Waals surface area contributed by atoms with Gasteiger partial charge in [-0.3, -0.25) is 19.4 Å². The number of ether oxygens (including phenoxy) is 4. The van der Waals surface area contributed by atoms with Crippen LogP contribution in [0, 0.1) is 34.5 Å². The molecule has 13 nitrogen and oxygen atoms in total. The first-order valence-corrected chi connectivity index (χ1v) is 24.0. The van der Waals surface area contributed by atoms with Crippen LogP contribution in [0.15, 0.2) is 84.1 Å². The minimum Gasteiger partial charge on any atom is -0.468 e. The quantitative estimate of drug-likeness (QED) is 0.126. The fourth-order valence-electron chi connectivity index (χ4n) is 14.7. The first-order chi connectivity index (χ1) is 32.2. The Labute approximate surface area is 393 Å². The van der Waals surface area contributed by atoms with Gasteiger partial charge in [0.2, 0.25) is 5.60 Å². The highest BCUT2D eigenvalue weighted by molar-refractivity contribution is 5.92. The maximum Gasteiger partial charge on any atom is 0.344 e. The number of aliphatic hydroxyl groups is 2. The molecule has 3 unspecified atom stereocenters. The topological polar surface area (TPSA) is 154 Å². The Kier molecular flexibility index (Phi) is 11.2. The minimum atomic E-state index is -2.31. The lowest BCUT2D eigenvalue weighted by Gasteiger charge is -2.63. The summed E-state index contributed by atoms with van der Waals surface area (Å²) >= 11 is 0. The molecular formula is C54H64N4O9. The highest BCUT2D eigenvalue weighted by Gasteiger charge is 2.81. The zero-order valence-corrected chi connectivity index (χ0v) is 39.8. The number of hydrogen-bond acceptors (Lipinski definition) is 12. The molecule has 7 aliphatic rings. The van der Waals surface area contributed by atoms with Crippen molar-refractivity contribution in [3.63, 3.8) is 0 Å². The second kappa shape index (κ2) is 16.5. The molecule has 1 spiro atoms. The molecule has 1 aromatic heterocycles. The monoisotopic (exact) mass is 912 g/mol. The number of benzene rings is 2. The molecule has 10 rings (SSSR count). The summed E-state index contributed by atoms with van der Waals surface area (Å²) in [6.45, 7) is 8.57. The minimum absolute atomic E-state index is 0.109. The van der Waals surface area contributed by atoms with E-state index in [0.717, 1.165) is 44.6 Å². The van der Waals surface area contributed by atoms with Gasteiger partial charge in [-0.05, 0) is 98.5 Å². The van der Waals surface area contributed by atoms with E-state index >= 15 is 4.79 Å². The lowest BCUT2D eigenvalue weighted by atomic mass is 9.47. The molecule has 0 amide bonds. The van der Waals surface area contributed by atoms with Crippen molar-refractivity contribution in [1.29, 1.82) is 0 Å². The van der Waals surface area contributed by atoms with Gasteiger partial charge in [0.05, 0.1) is 32.0 Å². The molecule has 3 N–H and O–H groups in total. The molecule has 2 aromatic carbocycles. The van der Waals surface area contributed by atoms with Crippen LogP contribution in [0.5, 0.6) is 0 Å². The fraction of sp³-hybridized carbons (Fsp3) is 0.537. The molecular weight excluding hydrogens is 849 g/mol. The number of carbonyl (C=O) groups excluding carboxylic acids is 3. The summed E-state index contributed by atoms with van der Waals surface area (Å²) in [6.07, 6.45) is 9.50. The predicted molar refractivity (Wildman–Crippen MR) is 251 cm³/mol. The van der Waals surface area contributed by atoms with Crippen molar-refractivity contribution >= 4 is 28.8 Å². The van der Waals surface area contributed by atoms with E-state index in [1.807, 2.05) is 68.3 Å². The van der Waals surface area contributed by atoms with Crippen molar-refractivity contribution in [2.75, 3.05) is 61.1 Å². The van der Waals surface area contributed by atoms with E-state index in [0.29, 0.717) is 71.2 Å². The second-order valence-electron chi connectivity index (χ2n) is 20.4. The third-order valence-corrected chi connectivity index (χ3v) is 17.2. The summed E-state index contributed by atoms with van der Waals surface area (Å²) in [7, 11) is 6.26. The van der Waals surface area contributed by atoms with Gasteiger partial charge in [0.1, 0.15) is 5.41 Å². The van der Waals surface area contributed by atoms with Crippen LogP contribution in [0.2, 0.25) is 0 Å². The van der Waals surface area contributed by atoms with Crippen molar-refractivity contribution in [1.82, 2.24) is 19.7 Å². The van der Waals surface area contributed by atoms with Gasteiger partial charge >= 0.3 is 17.9 Å². The number of aromatic amines is 1. The second-order valence-corrected chi connectivity index (χ2v) is 20.4. The van der Waals surface area contributed by atoms with Crippen LogP contribution in [-0.2, 0) is 45.2 Å². The summed E-state index contributed by atoms with van der Waals surface area (Å²) < 4.78 is 24.4. The molecule has 67 heavy (non-hydrogen) atoms. The number of carbonyl (C=O) groups is 3. The Morgan fingerprint density at radius 2 is 1.67 bits per heavy atom. The lowest BCUT2D eigenvalue weighted by Crippen LogP contribution is -2.79. The standard InChI is InChI=1S/C54H64N4O9/c1-8-50(62)29-36-30-53(48(60)65-6,44-37(20-24-57(31-36)32-50)38-26-35(18-19-41(38)55-44)17-16-34-14-11-10-12-15-34)40-27-39-42(28-43(40)64-5)56(4)46-52(39)22-25-58-23-13-21-51(9-2,45(52)58)47(67-33(3)59)54(46,63)49(61)66-7/h10-15,18-19,21,26-28,36,40,43,45-47,55,62-63H,8-9,20,22-25,29-32H2,1-7H3/t36-,40?,43?,45+,46-,47-,50+,51-,52-,53+,54+/m1/s1. The van der Waals surface area contributed by atoms with Crippen LogP contribution >= 0.6 is 0 Å². The zero-order valence-electron chi connectivity index (χ0n) is 39.8. The fourth-order valence-corrected chi connectivity index (χ4v) is 14.7. The average molecular weight is 913 g/mol. The molecule has 1 saturated carbocycles. The number of aromatic nitrogens is 1. The highest BCUT2D eigenvalue weighted by Crippen LogP contribution is 2.70. The van der Waals surface area contributed by atoms with E-state index in [2.05, 4.69) is 57.0 Å². The van der Waals surface area contributed by atoms with E-state index in [4.69, 9.17) is 18.9 Å². The van der Waals surface area contributed by atoms with Gasteiger partial charge in [-0.1, -0.05) is 62.1 Å². The third kappa shape index (κ3) is 6.49. The van der Waals surface area contributed by atoms with Crippen LogP contribution in [0.1, 0.15) is 75.3 Å². The lowest BCUT2D eigenvalue weighted by molar-refractivity contribution is -0.243. The number of piperidine rings is 1. The number of H-pyrrole nitrogens is 1.